The third-order valence-electron chi connectivity index (χ3n) is 4.23. The van der Waals surface area contributed by atoms with E-state index in [1.807, 2.05) is 18.2 Å². The fourth-order valence-electron chi connectivity index (χ4n) is 2.87. The second-order valence-corrected chi connectivity index (χ2v) is 6.76. The van der Waals surface area contributed by atoms with E-state index in [0.717, 1.165) is 30.5 Å². The number of nitrogens with zero attached hydrogens (tertiary/aromatic N) is 1. The van der Waals surface area contributed by atoms with Crippen molar-refractivity contribution in [3.05, 3.63) is 34.3 Å². The molecule has 2 fully saturated rings. The molecule has 3 nitrogen and oxygen atoms in total. The van der Waals surface area contributed by atoms with Crippen molar-refractivity contribution in [1.29, 1.82) is 0 Å². The molecule has 1 aromatic rings. The molecule has 3 rings (SSSR count). The molecule has 1 unspecified atom stereocenters. The van der Waals surface area contributed by atoms with Gasteiger partial charge in [0.2, 0.25) is 5.91 Å². The average molecular weight is 337 g/mol. The Morgan fingerprint density at radius 1 is 1.30 bits per heavy atom. The number of nitrogens with one attached hydrogen (secondary N) is 1. The lowest BCUT2D eigenvalue weighted by Gasteiger charge is -2.24. The second-order valence-electron chi connectivity index (χ2n) is 5.91. The number of hydrogen-bond donors (Lipinski definition) is 1. The minimum Gasteiger partial charge on any atom is -0.335 e. The molecule has 1 heterocycles. The number of hydrogen-bond acceptors (Lipinski definition) is 2. The number of rotatable bonds is 5. The summed E-state index contributed by atoms with van der Waals surface area (Å²) in [6, 6.07) is 8.68. The highest BCUT2D eigenvalue weighted by molar-refractivity contribution is 9.10. The Morgan fingerprint density at radius 3 is 2.75 bits per heavy atom. The first-order valence-corrected chi connectivity index (χ1v) is 8.27. The first-order chi connectivity index (χ1) is 9.74. The molecule has 1 saturated carbocycles. The summed E-state index contributed by atoms with van der Waals surface area (Å²) in [6.45, 7) is 2.80. The first-order valence-electron chi connectivity index (χ1n) is 7.47. The molecule has 1 atom stereocenters. The van der Waals surface area contributed by atoms with E-state index in [9.17, 15) is 4.79 Å². The highest BCUT2D eigenvalue weighted by Gasteiger charge is 2.33. The summed E-state index contributed by atoms with van der Waals surface area (Å²) in [6.07, 6.45) is 4.17. The Balaban J connectivity index is 1.66. The van der Waals surface area contributed by atoms with Crippen LogP contribution >= 0.6 is 15.9 Å². The maximum absolute atomic E-state index is 12.6. The van der Waals surface area contributed by atoms with Crippen molar-refractivity contribution >= 4 is 21.8 Å². The minimum absolute atomic E-state index is 0.331. The van der Waals surface area contributed by atoms with Gasteiger partial charge < -0.3 is 10.2 Å². The summed E-state index contributed by atoms with van der Waals surface area (Å²) in [5, 5.41) is 3.34. The number of amides is 1. The van der Waals surface area contributed by atoms with Crippen molar-refractivity contribution in [2.75, 3.05) is 13.1 Å². The zero-order valence-electron chi connectivity index (χ0n) is 11.6. The van der Waals surface area contributed by atoms with Crippen LogP contribution in [-0.2, 0) is 11.3 Å². The Hall–Kier alpha value is -0.870. The summed E-state index contributed by atoms with van der Waals surface area (Å²) in [5.41, 5.74) is 1.21. The normalized spacial score (nSPS) is 21.9. The predicted octanol–water partition coefficient (Wildman–Crippen LogP) is 2.94. The van der Waals surface area contributed by atoms with Gasteiger partial charge in [-0.15, -0.1) is 0 Å². The smallest absolute Gasteiger partial charge is 0.223 e. The number of carbonyl (C=O) groups is 1. The van der Waals surface area contributed by atoms with Gasteiger partial charge in [0.15, 0.2) is 0 Å². The molecule has 1 N–H and O–H groups in total. The summed E-state index contributed by atoms with van der Waals surface area (Å²) in [7, 11) is 0. The quantitative estimate of drug-likeness (QED) is 0.896. The van der Waals surface area contributed by atoms with Gasteiger partial charge in [0.05, 0.1) is 0 Å². The van der Waals surface area contributed by atoms with Gasteiger partial charge >= 0.3 is 0 Å². The van der Waals surface area contributed by atoms with Crippen LogP contribution < -0.4 is 5.32 Å². The third-order valence-corrected chi connectivity index (χ3v) is 5.01. The van der Waals surface area contributed by atoms with Gasteiger partial charge in [-0.3, -0.25) is 4.79 Å². The monoisotopic (exact) mass is 336 g/mol. The highest BCUT2D eigenvalue weighted by Crippen LogP contribution is 2.31. The van der Waals surface area contributed by atoms with Crippen LogP contribution in [0.2, 0.25) is 0 Å². The van der Waals surface area contributed by atoms with Gasteiger partial charge in [0.1, 0.15) is 0 Å². The van der Waals surface area contributed by atoms with Gasteiger partial charge in [-0.05, 0) is 49.9 Å². The van der Waals surface area contributed by atoms with E-state index in [0.29, 0.717) is 24.3 Å². The molecule has 1 saturated heterocycles. The molecule has 0 radical (unpaired) electrons. The Bertz CT molecular complexity index is 481. The Kier molecular flexibility index (Phi) is 4.41. The third kappa shape index (κ3) is 3.41. The first kappa shape index (κ1) is 14.1. The number of carbonyl (C=O) groups excluding carboxylic acids is 1. The Morgan fingerprint density at radius 2 is 2.10 bits per heavy atom. The Labute approximate surface area is 128 Å². The molecule has 1 aliphatic carbocycles. The molecule has 0 bridgehead atoms. The van der Waals surface area contributed by atoms with Gasteiger partial charge in [-0.1, -0.05) is 34.1 Å². The minimum atomic E-state index is 0.331. The summed E-state index contributed by atoms with van der Waals surface area (Å²) >= 11 is 3.58. The zero-order chi connectivity index (χ0) is 13.9. The van der Waals surface area contributed by atoms with Gasteiger partial charge in [-0.25, -0.2) is 0 Å². The molecule has 1 aromatic carbocycles. The molecule has 20 heavy (non-hydrogen) atoms. The molecule has 2 aliphatic rings. The number of benzene rings is 1. The van der Waals surface area contributed by atoms with Crippen LogP contribution in [0.25, 0.3) is 0 Å². The molecular formula is C16H21BrN2O. The predicted molar refractivity (Wildman–Crippen MR) is 83.3 cm³/mol. The van der Waals surface area contributed by atoms with E-state index in [2.05, 4.69) is 32.2 Å². The van der Waals surface area contributed by atoms with Crippen LogP contribution in [0, 0.1) is 5.92 Å². The van der Waals surface area contributed by atoms with Crippen LogP contribution in [0.5, 0.6) is 0 Å². The molecule has 1 aliphatic heterocycles. The van der Waals surface area contributed by atoms with Crippen LogP contribution in [0.3, 0.4) is 0 Å². The maximum Gasteiger partial charge on any atom is 0.223 e. The second kappa shape index (κ2) is 6.27. The number of halogens is 1. The van der Waals surface area contributed by atoms with Crippen molar-refractivity contribution in [1.82, 2.24) is 10.2 Å². The largest absolute Gasteiger partial charge is 0.335 e. The van der Waals surface area contributed by atoms with Crippen molar-refractivity contribution in [2.45, 2.75) is 38.3 Å². The lowest BCUT2D eigenvalue weighted by molar-refractivity contribution is -0.133. The lowest BCUT2D eigenvalue weighted by atomic mass is 10.0. The van der Waals surface area contributed by atoms with Crippen molar-refractivity contribution in [2.24, 2.45) is 5.92 Å². The molecule has 108 valence electrons. The lowest BCUT2D eigenvalue weighted by Crippen LogP contribution is -2.34. The van der Waals surface area contributed by atoms with Crippen molar-refractivity contribution in [3.63, 3.8) is 0 Å². The average Bonchev–Trinajstić information content (AvgIpc) is 3.15. The summed E-state index contributed by atoms with van der Waals surface area (Å²) < 4.78 is 1.10. The maximum atomic E-state index is 12.6. The standard InChI is InChI=1S/C16H21BrN2O/c17-15-4-2-1-3-13(15)11-19(14-5-6-14)16(20)9-12-7-8-18-10-12/h1-4,12,14,18H,5-11H2. The van der Waals surface area contributed by atoms with Crippen molar-refractivity contribution in [3.8, 4) is 0 Å². The van der Waals surface area contributed by atoms with E-state index in [-0.39, 0.29) is 0 Å². The molecular weight excluding hydrogens is 316 g/mol. The molecule has 0 aromatic heterocycles. The van der Waals surface area contributed by atoms with Crippen LogP contribution in [-0.4, -0.2) is 29.9 Å². The van der Waals surface area contributed by atoms with E-state index < -0.39 is 0 Å². The van der Waals surface area contributed by atoms with E-state index in [1.165, 1.54) is 18.4 Å². The van der Waals surface area contributed by atoms with Gasteiger partial charge in [0.25, 0.3) is 0 Å². The summed E-state index contributed by atoms with van der Waals surface area (Å²) in [5.74, 6) is 0.861. The molecule has 4 heteroatoms. The van der Waals surface area contributed by atoms with Crippen LogP contribution in [0.1, 0.15) is 31.2 Å². The van der Waals surface area contributed by atoms with Gasteiger partial charge in [-0.2, -0.15) is 0 Å². The molecule has 0 spiro atoms. The van der Waals surface area contributed by atoms with Crippen LogP contribution in [0.15, 0.2) is 28.7 Å². The molecule has 1 amide bonds. The SMILES string of the molecule is O=C(CC1CCNC1)N(Cc1ccccc1Br)C1CC1. The zero-order valence-corrected chi connectivity index (χ0v) is 13.2. The van der Waals surface area contributed by atoms with E-state index in [4.69, 9.17) is 0 Å². The summed E-state index contributed by atoms with van der Waals surface area (Å²) in [4.78, 5) is 14.7. The fourth-order valence-corrected chi connectivity index (χ4v) is 3.28. The van der Waals surface area contributed by atoms with E-state index >= 15 is 0 Å². The van der Waals surface area contributed by atoms with Crippen LogP contribution in [0.4, 0.5) is 0 Å². The van der Waals surface area contributed by atoms with Crippen molar-refractivity contribution < 1.29 is 4.79 Å². The van der Waals surface area contributed by atoms with E-state index in [1.54, 1.807) is 0 Å². The highest BCUT2D eigenvalue weighted by atomic mass is 79.9. The fraction of sp³-hybridized carbons (Fsp3) is 0.562. The topological polar surface area (TPSA) is 32.3 Å². The van der Waals surface area contributed by atoms with Gasteiger partial charge in [0, 0.05) is 23.5 Å².